The van der Waals surface area contributed by atoms with Crippen molar-refractivity contribution in [1.82, 2.24) is 14.7 Å². The average Bonchev–Trinajstić information content (AvgIpc) is 3.05. The fourth-order valence-corrected chi connectivity index (χ4v) is 4.34. The standard InChI is InChI=1S/C23H37N5O2/c1-3-26(4-2)22(29)19-25-15-17-28(18-16-25)23(30)24-20-11-7-8-12-21(20)27-13-9-5-6-10-14-27/h7-8,11-12H,3-6,9-10,13-19H2,1-2H3,(H,24,30). The van der Waals surface area contributed by atoms with Gasteiger partial charge in [-0.25, -0.2) is 4.79 Å². The summed E-state index contributed by atoms with van der Waals surface area (Å²) in [5.74, 6) is 0.171. The number of carbonyl (C=O) groups is 2. The maximum absolute atomic E-state index is 12.9. The van der Waals surface area contributed by atoms with Crippen molar-refractivity contribution in [2.24, 2.45) is 0 Å². The van der Waals surface area contributed by atoms with Crippen LogP contribution in [0.15, 0.2) is 24.3 Å². The van der Waals surface area contributed by atoms with E-state index < -0.39 is 0 Å². The third-order valence-electron chi connectivity index (χ3n) is 6.23. The lowest BCUT2D eigenvalue weighted by atomic mass is 10.2. The van der Waals surface area contributed by atoms with E-state index in [2.05, 4.69) is 21.2 Å². The van der Waals surface area contributed by atoms with Crippen molar-refractivity contribution in [3.8, 4) is 0 Å². The van der Waals surface area contributed by atoms with Gasteiger partial charge < -0.3 is 20.0 Å². The summed E-state index contributed by atoms with van der Waals surface area (Å²) in [6, 6.07) is 8.08. The van der Waals surface area contributed by atoms with E-state index in [9.17, 15) is 9.59 Å². The Labute approximate surface area is 181 Å². The SMILES string of the molecule is CCN(CC)C(=O)CN1CCN(C(=O)Nc2ccccc2N2CCCCCC2)CC1. The number of hydrogen-bond acceptors (Lipinski definition) is 4. The largest absolute Gasteiger partial charge is 0.370 e. The van der Waals surface area contributed by atoms with Crippen LogP contribution < -0.4 is 10.2 Å². The minimum absolute atomic E-state index is 0.0491. The van der Waals surface area contributed by atoms with E-state index in [1.807, 2.05) is 41.8 Å². The molecule has 0 atom stereocenters. The fourth-order valence-electron chi connectivity index (χ4n) is 4.34. The van der Waals surface area contributed by atoms with E-state index in [0.29, 0.717) is 19.6 Å². The van der Waals surface area contributed by atoms with Gasteiger partial charge in [0.25, 0.3) is 0 Å². The number of hydrogen-bond donors (Lipinski definition) is 1. The highest BCUT2D eigenvalue weighted by atomic mass is 16.2. The zero-order chi connectivity index (χ0) is 21.3. The Kier molecular flexibility index (Phi) is 8.37. The molecule has 2 saturated heterocycles. The van der Waals surface area contributed by atoms with E-state index >= 15 is 0 Å². The molecule has 166 valence electrons. The zero-order valence-corrected chi connectivity index (χ0v) is 18.6. The minimum atomic E-state index is -0.0491. The van der Waals surface area contributed by atoms with Crippen molar-refractivity contribution in [2.45, 2.75) is 39.5 Å². The lowest BCUT2D eigenvalue weighted by molar-refractivity contribution is -0.132. The topological polar surface area (TPSA) is 59.1 Å². The van der Waals surface area contributed by atoms with Gasteiger partial charge in [-0.1, -0.05) is 25.0 Å². The predicted octanol–water partition coefficient (Wildman–Crippen LogP) is 3.08. The number of nitrogens with zero attached hydrogens (tertiary/aromatic N) is 4. The van der Waals surface area contributed by atoms with E-state index in [1.165, 1.54) is 25.7 Å². The van der Waals surface area contributed by atoms with Crippen LogP contribution in [0.3, 0.4) is 0 Å². The molecule has 0 bridgehead atoms. The molecular formula is C23H37N5O2. The Bertz CT molecular complexity index is 691. The number of benzene rings is 1. The van der Waals surface area contributed by atoms with E-state index in [4.69, 9.17) is 0 Å². The minimum Gasteiger partial charge on any atom is -0.370 e. The van der Waals surface area contributed by atoms with Gasteiger partial charge in [0.2, 0.25) is 5.91 Å². The van der Waals surface area contributed by atoms with Crippen LogP contribution in [0.25, 0.3) is 0 Å². The van der Waals surface area contributed by atoms with Gasteiger partial charge in [-0.3, -0.25) is 9.69 Å². The first-order chi connectivity index (χ1) is 14.6. The number of likely N-dealkylation sites (N-methyl/N-ethyl adjacent to an activating group) is 1. The van der Waals surface area contributed by atoms with Gasteiger partial charge in [-0.15, -0.1) is 0 Å². The Hall–Kier alpha value is -2.28. The second-order valence-corrected chi connectivity index (χ2v) is 8.18. The summed E-state index contributed by atoms with van der Waals surface area (Å²) in [6.45, 7) is 10.8. The third-order valence-corrected chi connectivity index (χ3v) is 6.23. The molecule has 2 heterocycles. The number of amides is 3. The summed E-state index contributed by atoms with van der Waals surface area (Å²) in [7, 11) is 0. The molecule has 2 aliphatic heterocycles. The molecule has 7 nitrogen and oxygen atoms in total. The summed E-state index contributed by atoms with van der Waals surface area (Å²) in [4.78, 5) is 33.5. The Morgan fingerprint density at radius 3 is 2.17 bits per heavy atom. The Morgan fingerprint density at radius 2 is 1.53 bits per heavy atom. The van der Waals surface area contributed by atoms with Gasteiger partial charge in [0.05, 0.1) is 17.9 Å². The molecule has 2 fully saturated rings. The second kappa shape index (κ2) is 11.2. The Morgan fingerprint density at radius 1 is 0.900 bits per heavy atom. The van der Waals surface area contributed by atoms with E-state index in [0.717, 1.165) is 50.6 Å². The molecule has 0 saturated carbocycles. The van der Waals surface area contributed by atoms with Crippen LogP contribution >= 0.6 is 0 Å². The maximum atomic E-state index is 12.9. The van der Waals surface area contributed by atoms with Crippen molar-refractivity contribution in [2.75, 3.05) is 69.1 Å². The second-order valence-electron chi connectivity index (χ2n) is 8.18. The van der Waals surface area contributed by atoms with Gasteiger partial charge >= 0.3 is 6.03 Å². The molecule has 1 N–H and O–H groups in total. The first-order valence-corrected chi connectivity index (χ1v) is 11.5. The molecule has 0 aromatic heterocycles. The molecule has 1 aromatic carbocycles. The summed E-state index contributed by atoms with van der Waals surface area (Å²) in [5.41, 5.74) is 2.01. The van der Waals surface area contributed by atoms with E-state index in [-0.39, 0.29) is 11.9 Å². The van der Waals surface area contributed by atoms with Crippen molar-refractivity contribution < 1.29 is 9.59 Å². The number of anilines is 2. The monoisotopic (exact) mass is 415 g/mol. The molecule has 0 radical (unpaired) electrons. The van der Waals surface area contributed by atoms with Gasteiger partial charge in [0.1, 0.15) is 0 Å². The average molecular weight is 416 g/mol. The molecule has 0 unspecified atom stereocenters. The zero-order valence-electron chi connectivity index (χ0n) is 18.6. The van der Waals surface area contributed by atoms with Crippen LogP contribution in [0.1, 0.15) is 39.5 Å². The summed E-state index contributed by atoms with van der Waals surface area (Å²) in [5, 5.41) is 3.14. The van der Waals surface area contributed by atoms with Gasteiger partial charge in [-0.05, 0) is 38.8 Å². The van der Waals surface area contributed by atoms with Gasteiger partial charge in [0.15, 0.2) is 0 Å². The first kappa shape index (κ1) is 22.4. The van der Waals surface area contributed by atoms with Crippen LogP contribution in [0.2, 0.25) is 0 Å². The van der Waals surface area contributed by atoms with Crippen molar-refractivity contribution in [3.63, 3.8) is 0 Å². The van der Waals surface area contributed by atoms with Gasteiger partial charge in [0, 0.05) is 52.4 Å². The van der Waals surface area contributed by atoms with Crippen molar-refractivity contribution >= 4 is 23.3 Å². The summed E-state index contributed by atoms with van der Waals surface area (Å²) < 4.78 is 0. The number of carbonyl (C=O) groups excluding carboxylic acids is 2. The van der Waals surface area contributed by atoms with Crippen LogP contribution in [-0.4, -0.2) is 85.5 Å². The van der Waals surface area contributed by atoms with Crippen LogP contribution in [0, 0.1) is 0 Å². The maximum Gasteiger partial charge on any atom is 0.321 e. The molecule has 30 heavy (non-hydrogen) atoms. The van der Waals surface area contributed by atoms with E-state index in [1.54, 1.807) is 0 Å². The van der Waals surface area contributed by atoms with Crippen LogP contribution in [0.5, 0.6) is 0 Å². The van der Waals surface area contributed by atoms with Crippen LogP contribution in [0.4, 0.5) is 16.2 Å². The number of para-hydroxylation sites is 2. The van der Waals surface area contributed by atoms with Gasteiger partial charge in [-0.2, -0.15) is 0 Å². The number of rotatable bonds is 6. The lowest BCUT2D eigenvalue weighted by Crippen LogP contribution is -2.52. The normalized spacial score (nSPS) is 18.1. The lowest BCUT2D eigenvalue weighted by Gasteiger charge is -2.35. The smallest absolute Gasteiger partial charge is 0.321 e. The molecular weight excluding hydrogens is 378 g/mol. The van der Waals surface area contributed by atoms with Crippen molar-refractivity contribution in [1.29, 1.82) is 0 Å². The molecule has 3 rings (SSSR count). The highest BCUT2D eigenvalue weighted by Crippen LogP contribution is 2.28. The molecule has 1 aromatic rings. The molecule has 2 aliphatic rings. The number of urea groups is 1. The number of nitrogens with one attached hydrogen (secondary N) is 1. The number of piperazine rings is 1. The summed E-state index contributed by atoms with van der Waals surface area (Å²) in [6.07, 6.45) is 4.98. The first-order valence-electron chi connectivity index (χ1n) is 11.5. The highest BCUT2D eigenvalue weighted by Gasteiger charge is 2.24. The van der Waals surface area contributed by atoms with Crippen molar-refractivity contribution in [3.05, 3.63) is 24.3 Å². The molecule has 0 aliphatic carbocycles. The molecule has 7 heteroatoms. The highest BCUT2D eigenvalue weighted by molar-refractivity contribution is 5.93. The molecule has 3 amide bonds. The molecule has 0 spiro atoms. The predicted molar refractivity (Wildman–Crippen MR) is 122 cm³/mol. The third kappa shape index (κ3) is 5.88. The van der Waals surface area contributed by atoms with Crippen LogP contribution in [-0.2, 0) is 4.79 Å². The quantitative estimate of drug-likeness (QED) is 0.776. The summed E-state index contributed by atoms with van der Waals surface area (Å²) >= 11 is 0. The fraction of sp³-hybridized carbons (Fsp3) is 0.652. The Balaban J connectivity index is 1.53.